The molecule has 2 aromatic carbocycles. The molecule has 3 nitrogen and oxygen atoms in total. The van der Waals surface area contributed by atoms with Gasteiger partial charge in [0, 0.05) is 16.3 Å². The minimum absolute atomic E-state index is 0.269. The zero-order valence-electron chi connectivity index (χ0n) is 14.2. The maximum atomic E-state index is 12.0. The van der Waals surface area contributed by atoms with Gasteiger partial charge in [0.25, 0.3) is 5.24 Å². The molecule has 0 N–H and O–H groups in total. The van der Waals surface area contributed by atoms with Gasteiger partial charge in [0.1, 0.15) is 11.5 Å². The summed E-state index contributed by atoms with van der Waals surface area (Å²) in [4.78, 5) is 16.6. The van der Waals surface area contributed by atoms with Crippen LogP contribution in [-0.2, 0) is 6.42 Å². The van der Waals surface area contributed by atoms with Crippen molar-refractivity contribution in [3.8, 4) is 17.1 Å². The van der Waals surface area contributed by atoms with Gasteiger partial charge in [0.15, 0.2) is 0 Å². The number of unbranched alkanes of at least 4 members (excludes halogenated alkanes) is 1. The quantitative estimate of drug-likeness (QED) is 0.433. The predicted octanol–water partition coefficient (Wildman–Crippen LogP) is 6.57. The first kappa shape index (κ1) is 19.0. The van der Waals surface area contributed by atoms with Gasteiger partial charge in [0.05, 0.1) is 10.7 Å². The minimum atomic E-state index is -0.572. The molecule has 0 saturated carbocycles. The highest BCUT2D eigenvalue weighted by molar-refractivity contribution is 6.67. The molecule has 0 unspecified atom stereocenters. The van der Waals surface area contributed by atoms with Gasteiger partial charge < -0.3 is 0 Å². The molecule has 1 aromatic heterocycles. The molecule has 0 fully saturated rings. The first-order valence-corrected chi connectivity index (χ1v) is 9.48. The summed E-state index contributed by atoms with van der Waals surface area (Å²) < 4.78 is 1.95. The van der Waals surface area contributed by atoms with Crippen molar-refractivity contribution in [2.45, 2.75) is 26.2 Å². The van der Waals surface area contributed by atoms with E-state index in [1.165, 1.54) is 0 Å². The van der Waals surface area contributed by atoms with Crippen molar-refractivity contribution in [3.63, 3.8) is 0 Å². The number of carbonyl (C=O) groups is 1. The highest BCUT2D eigenvalue weighted by Gasteiger charge is 2.23. The Labute approximate surface area is 167 Å². The average molecular weight is 408 g/mol. The van der Waals surface area contributed by atoms with Gasteiger partial charge in [-0.2, -0.15) is 0 Å². The van der Waals surface area contributed by atoms with E-state index in [9.17, 15) is 4.79 Å². The third-order valence-electron chi connectivity index (χ3n) is 4.13. The monoisotopic (exact) mass is 406 g/mol. The Bertz CT molecular complexity index is 933. The number of benzene rings is 2. The van der Waals surface area contributed by atoms with Crippen LogP contribution in [0, 0.1) is 0 Å². The van der Waals surface area contributed by atoms with Crippen LogP contribution in [0.15, 0.2) is 48.5 Å². The Morgan fingerprint density at radius 3 is 2.38 bits per heavy atom. The van der Waals surface area contributed by atoms with Gasteiger partial charge in [-0.1, -0.05) is 48.7 Å². The maximum absolute atomic E-state index is 12.0. The summed E-state index contributed by atoms with van der Waals surface area (Å²) in [5.41, 5.74) is 2.65. The Morgan fingerprint density at radius 2 is 1.77 bits per heavy atom. The summed E-state index contributed by atoms with van der Waals surface area (Å²) in [7, 11) is 0. The zero-order valence-corrected chi connectivity index (χ0v) is 16.4. The number of halogens is 3. The number of carbonyl (C=O) groups excluding carboxylic acids is 1. The molecule has 0 aliphatic carbocycles. The van der Waals surface area contributed by atoms with Gasteiger partial charge in [-0.15, -0.1) is 0 Å². The van der Waals surface area contributed by atoms with E-state index in [1.807, 2.05) is 34.9 Å². The van der Waals surface area contributed by atoms with Crippen LogP contribution >= 0.6 is 34.8 Å². The molecule has 0 amide bonds. The lowest BCUT2D eigenvalue weighted by Gasteiger charge is -2.13. The SMILES string of the molecule is CCCCc1c(C(=O)Cl)nc(-c2ccccc2Cl)n1-c1ccc(Cl)cc1. The Hall–Kier alpha value is -1.81. The molecule has 1 heterocycles. The molecule has 26 heavy (non-hydrogen) atoms. The summed E-state index contributed by atoms with van der Waals surface area (Å²) in [5, 5.41) is 0.623. The fraction of sp³-hybridized carbons (Fsp3) is 0.200. The van der Waals surface area contributed by atoms with Crippen molar-refractivity contribution in [3.05, 3.63) is 70.0 Å². The first-order chi connectivity index (χ1) is 12.5. The summed E-state index contributed by atoms with van der Waals surface area (Å²) in [6, 6.07) is 14.8. The topological polar surface area (TPSA) is 34.9 Å². The Kier molecular flexibility index (Phi) is 6.02. The minimum Gasteiger partial charge on any atom is -0.296 e. The van der Waals surface area contributed by atoms with Gasteiger partial charge in [-0.05, 0) is 60.8 Å². The normalized spacial score (nSPS) is 10.9. The lowest BCUT2D eigenvalue weighted by Crippen LogP contribution is -2.05. The molecular formula is C20H17Cl3N2O. The van der Waals surface area contributed by atoms with Crippen LogP contribution < -0.4 is 0 Å². The lowest BCUT2D eigenvalue weighted by molar-refractivity contribution is 0.107. The van der Waals surface area contributed by atoms with Crippen LogP contribution in [0.1, 0.15) is 35.9 Å². The van der Waals surface area contributed by atoms with E-state index in [1.54, 1.807) is 18.2 Å². The van der Waals surface area contributed by atoms with Crippen LogP contribution in [0.4, 0.5) is 0 Å². The van der Waals surface area contributed by atoms with Gasteiger partial charge >= 0.3 is 0 Å². The molecule has 134 valence electrons. The van der Waals surface area contributed by atoms with Crippen LogP contribution in [0.5, 0.6) is 0 Å². The van der Waals surface area contributed by atoms with E-state index in [-0.39, 0.29) is 5.69 Å². The van der Waals surface area contributed by atoms with Crippen LogP contribution in [0.25, 0.3) is 17.1 Å². The molecule has 0 aliphatic heterocycles. The maximum Gasteiger partial charge on any atom is 0.272 e. The number of hydrogen-bond acceptors (Lipinski definition) is 2. The van der Waals surface area contributed by atoms with Crippen LogP contribution in [-0.4, -0.2) is 14.8 Å². The van der Waals surface area contributed by atoms with E-state index in [0.717, 1.165) is 29.8 Å². The van der Waals surface area contributed by atoms with Gasteiger partial charge in [-0.3, -0.25) is 9.36 Å². The first-order valence-electron chi connectivity index (χ1n) is 8.35. The number of hydrogen-bond donors (Lipinski definition) is 0. The number of imidazole rings is 1. The van der Waals surface area contributed by atoms with Gasteiger partial charge in [-0.25, -0.2) is 4.98 Å². The van der Waals surface area contributed by atoms with Crippen molar-refractivity contribution in [2.75, 3.05) is 0 Å². The molecule has 3 aromatic rings. The fourth-order valence-electron chi connectivity index (χ4n) is 2.88. The van der Waals surface area contributed by atoms with Gasteiger partial charge in [0.2, 0.25) is 0 Å². The fourth-order valence-corrected chi connectivity index (χ4v) is 3.38. The second-order valence-electron chi connectivity index (χ2n) is 5.90. The average Bonchev–Trinajstić information content (AvgIpc) is 3.00. The van der Waals surface area contributed by atoms with Crippen molar-refractivity contribution in [2.24, 2.45) is 0 Å². The highest BCUT2D eigenvalue weighted by Crippen LogP contribution is 2.33. The highest BCUT2D eigenvalue weighted by atomic mass is 35.5. The molecule has 6 heteroatoms. The summed E-state index contributed by atoms with van der Waals surface area (Å²) in [6.45, 7) is 2.10. The number of rotatable bonds is 6. The van der Waals surface area contributed by atoms with Crippen LogP contribution in [0.3, 0.4) is 0 Å². The van der Waals surface area contributed by atoms with Crippen LogP contribution in [0.2, 0.25) is 10.0 Å². The lowest BCUT2D eigenvalue weighted by atomic mass is 10.1. The number of aromatic nitrogens is 2. The smallest absolute Gasteiger partial charge is 0.272 e. The standard InChI is InChI=1S/C20H17Cl3N2O/c1-2-3-8-17-18(19(23)26)24-20(15-6-4-5-7-16(15)22)25(17)14-11-9-13(21)10-12-14/h4-7,9-12H,2-3,8H2,1H3. The third-order valence-corrected chi connectivity index (χ3v) is 4.89. The third kappa shape index (κ3) is 3.80. The Balaban J connectivity index is 2.30. The molecule has 0 aliphatic rings. The molecule has 3 rings (SSSR count). The number of nitrogens with zero attached hydrogens (tertiary/aromatic N) is 2. The van der Waals surface area contributed by atoms with E-state index in [4.69, 9.17) is 34.8 Å². The largest absolute Gasteiger partial charge is 0.296 e. The molecule has 0 spiro atoms. The van der Waals surface area contributed by atoms with Crippen molar-refractivity contribution in [1.82, 2.24) is 9.55 Å². The predicted molar refractivity (Wildman–Crippen MR) is 108 cm³/mol. The molecule has 0 radical (unpaired) electrons. The second kappa shape index (κ2) is 8.26. The molecular weight excluding hydrogens is 391 g/mol. The van der Waals surface area contributed by atoms with E-state index >= 15 is 0 Å². The van der Waals surface area contributed by atoms with E-state index in [2.05, 4.69) is 11.9 Å². The summed E-state index contributed by atoms with van der Waals surface area (Å²) in [6.07, 6.45) is 2.59. The van der Waals surface area contributed by atoms with E-state index < -0.39 is 5.24 Å². The van der Waals surface area contributed by atoms with Crippen molar-refractivity contribution >= 4 is 40.0 Å². The molecule has 0 bridgehead atoms. The van der Waals surface area contributed by atoms with Crippen molar-refractivity contribution in [1.29, 1.82) is 0 Å². The van der Waals surface area contributed by atoms with E-state index in [0.29, 0.717) is 22.3 Å². The second-order valence-corrected chi connectivity index (χ2v) is 7.09. The summed E-state index contributed by atoms with van der Waals surface area (Å²) in [5.74, 6) is 0.591. The zero-order chi connectivity index (χ0) is 18.7. The Morgan fingerprint density at radius 1 is 1.08 bits per heavy atom. The molecule has 0 atom stereocenters. The summed E-state index contributed by atoms with van der Waals surface area (Å²) >= 11 is 18.3. The molecule has 0 saturated heterocycles. The van der Waals surface area contributed by atoms with Crippen molar-refractivity contribution < 1.29 is 4.79 Å².